The Labute approximate surface area is 169 Å². The highest BCUT2D eigenvalue weighted by atomic mass is 16.6. The quantitative estimate of drug-likeness (QED) is 0.311. The molecule has 1 aromatic heterocycles. The number of nitrogens with zero attached hydrogens (tertiary/aromatic N) is 2. The van der Waals surface area contributed by atoms with Gasteiger partial charge < -0.3 is 14.9 Å². The Bertz CT molecular complexity index is 1390. The summed E-state index contributed by atoms with van der Waals surface area (Å²) in [6, 6.07) is 18.7. The predicted octanol–water partition coefficient (Wildman–Crippen LogP) is 3.37. The number of hydrogen-bond donors (Lipinski definition) is 2. The number of aromatic nitrogens is 2. The van der Waals surface area contributed by atoms with Crippen molar-refractivity contribution in [1.29, 1.82) is 0 Å². The molecule has 0 atom stereocenters. The van der Waals surface area contributed by atoms with Gasteiger partial charge in [-0.2, -0.15) is 0 Å². The third kappa shape index (κ3) is 2.86. The molecule has 1 aliphatic heterocycles. The van der Waals surface area contributed by atoms with Crippen molar-refractivity contribution in [3.05, 3.63) is 108 Å². The molecule has 0 aliphatic carbocycles. The standard InChI is InChI=1S/C22H16N4O4/c27-21-22(28)24-20-15(10-16(26(29)30)11-17(20)23-21)12-25-18-7-3-1-5-13(18)9-14-6-2-4-8-19(14)25/h1-8,10-11H,9,12H2,(H,23,27)(H,24,28). The number of nitrogens with one attached hydrogen (secondary N) is 2. The molecular formula is C22H16N4O4. The van der Waals surface area contributed by atoms with Gasteiger partial charge in [0.1, 0.15) is 0 Å². The first-order chi connectivity index (χ1) is 14.5. The first kappa shape index (κ1) is 17.9. The van der Waals surface area contributed by atoms with Gasteiger partial charge in [0.05, 0.1) is 22.5 Å². The van der Waals surface area contributed by atoms with Crippen LogP contribution in [0.15, 0.2) is 70.3 Å². The Morgan fingerprint density at radius 1 is 0.900 bits per heavy atom. The van der Waals surface area contributed by atoms with Crippen LogP contribution in [0.3, 0.4) is 0 Å². The molecule has 0 spiro atoms. The highest BCUT2D eigenvalue weighted by molar-refractivity contribution is 5.82. The molecule has 148 valence electrons. The van der Waals surface area contributed by atoms with Gasteiger partial charge in [-0.25, -0.2) is 0 Å². The van der Waals surface area contributed by atoms with Crippen LogP contribution < -0.4 is 16.0 Å². The summed E-state index contributed by atoms with van der Waals surface area (Å²) >= 11 is 0. The average Bonchev–Trinajstić information content (AvgIpc) is 2.74. The fraction of sp³-hybridized carbons (Fsp3) is 0.0909. The topological polar surface area (TPSA) is 112 Å². The van der Waals surface area contributed by atoms with Crippen LogP contribution >= 0.6 is 0 Å². The maximum absolute atomic E-state index is 11.9. The molecule has 0 saturated carbocycles. The van der Waals surface area contributed by atoms with E-state index >= 15 is 0 Å². The number of non-ortho nitro benzene ring substituents is 1. The van der Waals surface area contributed by atoms with E-state index in [1.165, 1.54) is 12.1 Å². The molecule has 2 heterocycles. The van der Waals surface area contributed by atoms with Crippen molar-refractivity contribution in [2.24, 2.45) is 0 Å². The number of H-pyrrole nitrogens is 2. The minimum Gasteiger partial charge on any atom is -0.336 e. The summed E-state index contributed by atoms with van der Waals surface area (Å²) in [6.45, 7) is 0.286. The molecule has 0 amide bonds. The highest BCUT2D eigenvalue weighted by Gasteiger charge is 2.24. The van der Waals surface area contributed by atoms with Crippen molar-refractivity contribution in [1.82, 2.24) is 9.97 Å². The third-order valence-electron chi connectivity index (χ3n) is 5.38. The molecule has 2 N–H and O–H groups in total. The minimum atomic E-state index is -0.845. The Balaban J connectivity index is 1.73. The number of benzene rings is 3. The van der Waals surface area contributed by atoms with Crippen LogP contribution in [0, 0.1) is 10.1 Å². The summed E-state index contributed by atoms with van der Waals surface area (Å²) in [5.41, 5.74) is 3.65. The van der Waals surface area contributed by atoms with E-state index in [1.54, 1.807) is 0 Å². The number of anilines is 2. The minimum absolute atomic E-state index is 0.154. The SMILES string of the molecule is O=c1[nH]c2cc([N+](=O)[O-])cc(CN3c4ccccc4Cc4ccccc43)c2[nH]c1=O. The van der Waals surface area contributed by atoms with E-state index in [-0.39, 0.29) is 17.7 Å². The van der Waals surface area contributed by atoms with E-state index in [0.29, 0.717) is 11.1 Å². The van der Waals surface area contributed by atoms with Crippen LogP contribution in [-0.2, 0) is 13.0 Å². The Morgan fingerprint density at radius 3 is 2.13 bits per heavy atom. The van der Waals surface area contributed by atoms with Crippen molar-refractivity contribution < 1.29 is 4.92 Å². The van der Waals surface area contributed by atoms with Crippen LogP contribution in [0.4, 0.5) is 17.1 Å². The normalized spacial score (nSPS) is 12.5. The average molecular weight is 400 g/mol. The van der Waals surface area contributed by atoms with E-state index in [0.717, 1.165) is 28.9 Å². The second-order valence-electron chi connectivity index (χ2n) is 7.21. The Morgan fingerprint density at radius 2 is 1.50 bits per heavy atom. The van der Waals surface area contributed by atoms with Crippen molar-refractivity contribution in [2.45, 2.75) is 13.0 Å². The lowest BCUT2D eigenvalue weighted by Gasteiger charge is -2.33. The molecule has 0 saturated heterocycles. The number of nitro groups is 1. The molecule has 8 nitrogen and oxygen atoms in total. The maximum Gasteiger partial charge on any atom is 0.314 e. The van der Waals surface area contributed by atoms with Crippen molar-refractivity contribution >= 4 is 28.1 Å². The molecule has 0 unspecified atom stereocenters. The Kier molecular flexibility index (Phi) is 3.99. The molecule has 5 rings (SSSR count). The van der Waals surface area contributed by atoms with Gasteiger partial charge in [-0.15, -0.1) is 0 Å². The summed E-state index contributed by atoms with van der Waals surface area (Å²) in [5.74, 6) is 0. The van der Waals surface area contributed by atoms with Gasteiger partial charge >= 0.3 is 11.1 Å². The van der Waals surface area contributed by atoms with Crippen LogP contribution in [-0.4, -0.2) is 14.9 Å². The molecule has 0 radical (unpaired) electrons. The van der Waals surface area contributed by atoms with E-state index in [1.807, 2.05) is 36.4 Å². The first-order valence-electron chi connectivity index (χ1n) is 9.38. The summed E-state index contributed by atoms with van der Waals surface area (Å²) in [7, 11) is 0. The second-order valence-corrected chi connectivity index (χ2v) is 7.21. The smallest absolute Gasteiger partial charge is 0.314 e. The number of para-hydroxylation sites is 2. The molecule has 1 aliphatic rings. The number of aromatic amines is 2. The summed E-state index contributed by atoms with van der Waals surface area (Å²) in [6.07, 6.45) is 0.794. The number of nitro benzene ring substituents is 1. The molecule has 8 heteroatoms. The number of rotatable bonds is 3. The van der Waals surface area contributed by atoms with Crippen LogP contribution in [0.2, 0.25) is 0 Å². The number of fused-ring (bicyclic) bond motifs is 3. The van der Waals surface area contributed by atoms with Gasteiger partial charge in [-0.1, -0.05) is 36.4 Å². The van der Waals surface area contributed by atoms with Crippen LogP contribution in [0.25, 0.3) is 11.0 Å². The van der Waals surface area contributed by atoms with Gasteiger partial charge in [0.15, 0.2) is 0 Å². The van der Waals surface area contributed by atoms with E-state index in [4.69, 9.17) is 0 Å². The van der Waals surface area contributed by atoms with Gasteiger partial charge in [-0.05, 0) is 23.3 Å². The van der Waals surface area contributed by atoms with Gasteiger partial charge in [0.25, 0.3) is 5.69 Å². The zero-order valence-corrected chi connectivity index (χ0v) is 15.7. The molecule has 30 heavy (non-hydrogen) atoms. The van der Waals surface area contributed by atoms with E-state index in [9.17, 15) is 19.7 Å². The first-order valence-corrected chi connectivity index (χ1v) is 9.38. The lowest BCUT2D eigenvalue weighted by Crippen LogP contribution is -2.30. The zero-order chi connectivity index (χ0) is 20.8. The fourth-order valence-electron chi connectivity index (χ4n) is 4.03. The number of hydrogen-bond acceptors (Lipinski definition) is 5. The summed E-state index contributed by atoms with van der Waals surface area (Å²) in [5, 5.41) is 11.5. The fourth-order valence-corrected chi connectivity index (χ4v) is 4.03. The lowest BCUT2D eigenvalue weighted by molar-refractivity contribution is -0.384. The summed E-state index contributed by atoms with van der Waals surface area (Å²) in [4.78, 5) is 41.8. The van der Waals surface area contributed by atoms with E-state index in [2.05, 4.69) is 27.0 Å². The van der Waals surface area contributed by atoms with Crippen molar-refractivity contribution in [3.8, 4) is 0 Å². The largest absolute Gasteiger partial charge is 0.336 e. The molecule has 0 fully saturated rings. The predicted molar refractivity (Wildman–Crippen MR) is 113 cm³/mol. The van der Waals surface area contributed by atoms with E-state index < -0.39 is 16.0 Å². The van der Waals surface area contributed by atoms with Crippen molar-refractivity contribution in [2.75, 3.05) is 4.90 Å². The van der Waals surface area contributed by atoms with Crippen LogP contribution in [0.1, 0.15) is 16.7 Å². The summed E-state index contributed by atoms with van der Waals surface area (Å²) < 4.78 is 0. The zero-order valence-electron chi connectivity index (χ0n) is 15.7. The second kappa shape index (κ2) is 6.70. The van der Waals surface area contributed by atoms with Gasteiger partial charge in [-0.3, -0.25) is 19.7 Å². The highest BCUT2D eigenvalue weighted by Crippen LogP contribution is 2.40. The molecule has 4 aromatic rings. The van der Waals surface area contributed by atoms with Crippen molar-refractivity contribution in [3.63, 3.8) is 0 Å². The molecule has 3 aromatic carbocycles. The molecule has 0 bridgehead atoms. The van der Waals surface area contributed by atoms with Gasteiger partial charge in [0.2, 0.25) is 0 Å². The molecular weight excluding hydrogens is 384 g/mol. The maximum atomic E-state index is 11.9. The lowest BCUT2D eigenvalue weighted by atomic mass is 9.95. The monoisotopic (exact) mass is 400 g/mol. The third-order valence-corrected chi connectivity index (χ3v) is 5.38. The van der Waals surface area contributed by atoms with Crippen LogP contribution in [0.5, 0.6) is 0 Å². The Hall–Kier alpha value is -4.20. The van der Waals surface area contributed by atoms with Gasteiger partial charge in [0, 0.05) is 35.5 Å².